The van der Waals surface area contributed by atoms with Gasteiger partial charge < -0.3 is 9.80 Å². The lowest BCUT2D eigenvalue weighted by molar-refractivity contribution is 0.0590. The van der Waals surface area contributed by atoms with Gasteiger partial charge in [0.2, 0.25) is 0 Å². The van der Waals surface area contributed by atoms with Gasteiger partial charge in [-0.2, -0.15) is 5.10 Å². The Labute approximate surface area is 183 Å². The first-order chi connectivity index (χ1) is 15.2. The van der Waals surface area contributed by atoms with Crippen LogP contribution in [0, 0.1) is 0 Å². The summed E-state index contributed by atoms with van der Waals surface area (Å²) in [5, 5.41) is 5.22. The highest BCUT2D eigenvalue weighted by Crippen LogP contribution is 2.29. The number of amides is 1. The monoisotopic (exact) mass is 417 g/mol. The molecule has 31 heavy (non-hydrogen) atoms. The van der Waals surface area contributed by atoms with E-state index in [-0.39, 0.29) is 5.91 Å². The molecule has 5 rings (SSSR count). The van der Waals surface area contributed by atoms with E-state index in [0.29, 0.717) is 6.04 Å². The average molecular weight is 418 g/mol. The molecule has 3 aromatic rings. The summed E-state index contributed by atoms with van der Waals surface area (Å²) in [7, 11) is 1.90. The minimum atomic E-state index is 0.148. The second-order valence-electron chi connectivity index (χ2n) is 8.96. The number of benzene rings is 1. The molecule has 0 saturated carbocycles. The third kappa shape index (κ3) is 4.22. The Kier molecular flexibility index (Phi) is 5.72. The van der Waals surface area contributed by atoms with Crippen molar-refractivity contribution in [3.63, 3.8) is 0 Å². The molecule has 4 heterocycles. The largest absolute Gasteiger partial charge is 0.336 e. The standard InChI is InChI=1S/C25H31N5O/c1-28-18-19(17-26-28)24-16-22(21-9-2-3-10-23(21)27-24)25(31)30-14-5-4-8-20(30)11-15-29-12-6-7-13-29/h2-3,9-10,16-18,20H,4-8,11-15H2,1H3/t20-/m1/s1. The van der Waals surface area contributed by atoms with Crippen LogP contribution in [0.3, 0.4) is 0 Å². The Morgan fingerprint density at radius 2 is 1.90 bits per heavy atom. The predicted molar refractivity (Wildman–Crippen MR) is 123 cm³/mol. The van der Waals surface area contributed by atoms with E-state index in [1.54, 1.807) is 4.68 Å². The molecule has 0 spiro atoms. The molecular formula is C25H31N5O. The van der Waals surface area contributed by atoms with Gasteiger partial charge in [0, 0.05) is 43.3 Å². The Hall–Kier alpha value is -2.73. The van der Waals surface area contributed by atoms with Crippen molar-refractivity contribution in [3.05, 3.63) is 48.3 Å². The summed E-state index contributed by atoms with van der Waals surface area (Å²) < 4.78 is 1.77. The normalized spacial score (nSPS) is 19.9. The number of pyridine rings is 1. The lowest BCUT2D eigenvalue weighted by Crippen LogP contribution is -2.45. The van der Waals surface area contributed by atoms with E-state index in [9.17, 15) is 4.79 Å². The van der Waals surface area contributed by atoms with Crippen LogP contribution in [-0.4, -0.2) is 62.7 Å². The molecule has 0 bridgehead atoms. The number of aromatic nitrogens is 3. The lowest BCUT2D eigenvalue weighted by Gasteiger charge is -2.37. The number of rotatable bonds is 5. The van der Waals surface area contributed by atoms with Gasteiger partial charge in [0.1, 0.15) is 0 Å². The highest BCUT2D eigenvalue weighted by Gasteiger charge is 2.29. The topological polar surface area (TPSA) is 54.3 Å². The van der Waals surface area contributed by atoms with Crippen molar-refractivity contribution in [2.75, 3.05) is 26.2 Å². The summed E-state index contributed by atoms with van der Waals surface area (Å²) in [5.41, 5.74) is 3.36. The van der Waals surface area contributed by atoms with Gasteiger partial charge in [-0.05, 0) is 63.7 Å². The van der Waals surface area contributed by atoms with Gasteiger partial charge >= 0.3 is 0 Å². The van der Waals surface area contributed by atoms with Crippen LogP contribution < -0.4 is 0 Å². The van der Waals surface area contributed by atoms with Crippen LogP contribution in [0.5, 0.6) is 0 Å². The smallest absolute Gasteiger partial charge is 0.254 e. The van der Waals surface area contributed by atoms with Crippen LogP contribution in [0.15, 0.2) is 42.7 Å². The minimum Gasteiger partial charge on any atom is -0.336 e. The molecule has 0 radical (unpaired) electrons. The second-order valence-corrected chi connectivity index (χ2v) is 8.96. The molecule has 2 aromatic heterocycles. The Bertz CT molecular complexity index is 1070. The SMILES string of the molecule is Cn1cc(-c2cc(C(=O)N3CCCC[C@@H]3CCN3CCCC3)c3ccccc3n2)cn1. The van der Waals surface area contributed by atoms with Crippen LogP contribution in [-0.2, 0) is 7.05 Å². The van der Waals surface area contributed by atoms with E-state index in [1.807, 2.05) is 49.8 Å². The molecule has 0 unspecified atom stereocenters. The van der Waals surface area contributed by atoms with E-state index in [1.165, 1.54) is 32.4 Å². The predicted octanol–water partition coefficient (Wildman–Crippen LogP) is 4.12. The quantitative estimate of drug-likeness (QED) is 0.627. The Morgan fingerprint density at radius 1 is 1.10 bits per heavy atom. The fourth-order valence-electron chi connectivity index (χ4n) is 5.11. The van der Waals surface area contributed by atoms with Crippen LogP contribution >= 0.6 is 0 Å². The molecule has 1 atom stereocenters. The molecule has 1 amide bonds. The first kappa shape index (κ1) is 20.2. The molecule has 0 N–H and O–H groups in total. The van der Waals surface area contributed by atoms with E-state index >= 15 is 0 Å². The summed E-state index contributed by atoms with van der Waals surface area (Å²) in [6.45, 7) is 4.38. The molecule has 2 saturated heterocycles. The summed E-state index contributed by atoms with van der Waals surface area (Å²) in [4.78, 5) is 23.4. The molecule has 6 nitrogen and oxygen atoms in total. The van der Waals surface area contributed by atoms with Crippen molar-refractivity contribution in [2.45, 2.75) is 44.6 Å². The van der Waals surface area contributed by atoms with Crippen LogP contribution in [0.1, 0.15) is 48.9 Å². The number of nitrogens with zero attached hydrogens (tertiary/aromatic N) is 5. The maximum absolute atomic E-state index is 13.9. The first-order valence-electron chi connectivity index (χ1n) is 11.6. The van der Waals surface area contributed by atoms with Gasteiger partial charge in [0.05, 0.1) is 23.0 Å². The van der Waals surface area contributed by atoms with E-state index in [4.69, 9.17) is 4.98 Å². The van der Waals surface area contributed by atoms with Crippen molar-refractivity contribution in [2.24, 2.45) is 7.05 Å². The molecule has 0 aliphatic carbocycles. The number of para-hydroxylation sites is 1. The zero-order valence-electron chi connectivity index (χ0n) is 18.3. The third-order valence-electron chi connectivity index (χ3n) is 6.81. The van der Waals surface area contributed by atoms with E-state index < -0.39 is 0 Å². The fraction of sp³-hybridized carbons (Fsp3) is 0.480. The molecular weight excluding hydrogens is 386 g/mol. The number of piperidine rings is 1. The maximum atomic E-state index is 13.9. The van der Waals surface area contributed by atoms with Crippen LogP contribution in [0.2, 0.25) is 0 Å². The number of carbonyl (C=O) groups excluding carboxylic acids is 1. The number of aryl methyl sites for hydroxylation is 1. The van der Waals surface area contributed by atoms with Gasteiger partial charge in [-0.1, -0.05) is 18.2 Å². The lowest BCUT2D eigenvalue weighted by atomic mass is 9.96. The highest BCUT2D eigenvalue weighted by molar-refractivity contribution is 6.07. The van der Waals surface area contributed by atoms with Gasteiger partial charge in [-0.15, -0.1) is 0 Å². The number of hydrogen-bond donors (Lipinski definition) is 0. The minimum absolute atomic E-state index is 0.148. The maximum Gasteiger partial charge on any atom is 0.254 e. The summed E-state index contributed by atoms with van der Waals surface area (Å²) in [6.07, 6.45) is 10.9. The van der Waals surface area contributed by atoms with E-state index in [2.05, 4.69) is 14.9 Å². The fourth-order valence-corrected chi connectivity index (χ4v) is 5.11. The number of hydrogen-bond acceptors (Lipinski definition) is 4. The van der Waals surface area contributed by atoms with Gasteiger partial charge in [0.25, 0.3) is 5.91 Å². The summed E-state index contributed by atoms with van der Waals surface area (Å²) in [5.74, 6) is 0.148. The second kappa shape index (κ2) is 8.79. The molecule has 162 valence electrons. The van der Waals surface area contributed by atoms with Crippen LogP contribution in [0.4, 0.5) is 0 Å². The molecule has 2 aliphatic heterocycles. The summed E-state index contributed by atoms with van der Waals surface area (Å²) >= 11 is 0. The molecule has 1 aromatic carbocycles. The Morgan fingerprint density at radius 3 is 2.71 bits per heavy atom. The Balaban J connectivity index is 1.47. The summed E-state index contributed by atoms with van der Waals surface area (Å²) in [6, 6.07) is 10.3. The first-order valence-corrected chi connectivity index (χ1v) is 11.6. The van der Waals surface area contributed by atoms with Gasteiger partial charge in [0.15, 0.2) is 0 Å². The average Bonchev–Trinajstić information content (AvgIpc) is 3.48. The van der Waals surface area contributed by atoms with Gasteiger partial charge in [-0.25, -0.2) is 4.98 Å². The van der Waals surface area contributed by atoms with Crippen molar-refractivity contribution in [1.29, 1.82) is 0 Å². The van der Waals surface area contributed by atoms with Crippen LogP contribution in [0.25, 0.3) is 22.2 Å². The highest BCUT2D eigenvalue weighted by atomic mass is 16.2. The molecule has 2 aliphatic rings. The van der Waals surface area contributed by atoms with Crippen molar-refractivity contribution in [1.82, 2.24) is 24.6 Å². The third-order valence-corrected chi connectivity index (χ3v) is 6.81. The molecule has 2 fully saturated rings. The van der Waals surface area contributed by atoms with Crippen molar-refractivity contribution in [3.8, 4) is 11.3 Å². The number of likely N-dealkylation sites (tertiary alicyclic amines) is 2. The van der Waals surface area contributed by atoms with Gasteiger partial charge in [-0.3, -0.25) is 9.48 Å². The number of carbonyl (C=O) groups is 1. The van der Waals surface area contributed by atoms with Crippen molar-refractivity contribution < 1.29 is 4.79 Å². The van der Waals surface area contributed by atoms with Crippen molar-refractivity contribution >= 4 is 16.8 Å². The zero-order chi connectivity index (χ0) is 21.2. The zero-order valence-corrected chi connectivity index (χ0v) is 18.3. The van der Waals surface area contributed by atoms with E-state index in [0.717, 1.165) is 60.1 Å². The molecule has 6 heteroatoms. The number of fused-ring (bicyclic) bond motifs is 1.